The largest absolute Gasteiger partial charge is 0.482 e. The van der Waals surface area contributed by atoms with Gasteiger partial charge in [-0.15, -0.1) is 0 Å². The Bertz CT molecular complexity index is 324. The number of nitrogens with two attached hydrogens (primary N) is 1. The number of ether oxygens (including phenoxy) is 1. The van der Waals surface area contributed by atoms with Crippen LogP contribution in [0.15, 0.2) is 18.2 Å². The highest BCUT2D eigenvalue weighted by Crippen LogP contribution is 2.25. The van der Waals surface area contributed by atoms with E-state index < -0.39 is 24.3 Å². The summed E-state index contributed by atoms with van der Waals surface area (Å²) in [6.45, 7) is -1.49. The van der Waals surface area contributed by atoms with Gasteiger partial charge < -0.3 is 10.5 Å². The molecule has 2 N–H and O–H groups in total. The molecule has 0 unspecified atom stereocenters. The van der Waals surface area contributed by atoms with Crippen LogP contribution < -0.4 is 10.5 Å². The molecule has 14 heavy (non-hydrogen) atoms. The molecule has 0 radical (unpaired) electrons. The molecule has 0 spiro atoms. The summed E-state index contributed by atoms with van der Waals surface area (Å²) in [5, 5.41) is 0. The van der Waals surface area contributed by atoms with Crippen molar-refractivity contribution < 1.29 is 22.3 Å². The molecule has 0 amide bonds. The van der Waals surface area contributed by atoms with Crippen molar-refractivity contribution in [3.05, 3.63) is 24.0 Å². The molecule has 0 bridgehead atoms. The lowest BCUT2D eigenvalue weighted by atomic mass is 10.3. The first-order chi connectivity index (χ1) is 6.40. The Kier molecular flexibility index (Phi) is 2.83. The highest BCUT2D eigenvalue weighted by molar-refractivity contribution is 5.53. The first-order valence-corrected chi connectivity index (χ1v) is 3.63. The molecule has 1 rings (SSSR count). The lowest BCUT2D eigenvalue weighted by molar-refractivity contribution is -0.153. The minimum absolute atomic E-state index is 0.303. The Balaban J connectivity index is 2.73. The fourth-order valence-corrected chi connectivity index (χ4v) is 0.803. The normalized spacial score (nSPS) is 11.4. The summed E-state index contributed by atoms with van der Waals surface area (Å²) in [6, 6.07) is 3.43. The highest BCUT2D eigenvalue weighted by Gasteiger charge is 2.28. The summed E-state index contributed by atoms with van der Waals surface area (Å²) in [7, 11) is 0. The van der Waals surface area contributed by atoms with Crippen molar-refractivity contribution in [2.45, 2.75) is 6.18 Å². The number of benzene rings is 1. The molecule has 0 aliphatic carbocycles. The van der Waals surface area contributed by atoms with E-state index in [1.807, 2.05) is 0 Å². The minimum atomic E-state index is -4.46. The van der Waals surface area contributed by atoms with Crippen LogP contribution in [-0.4, -0.2) is 12.8 Å². The SMILES string of the molecule is Nc1c(F)cccc1OCC(F)(F)F. The Labute approximate surface area is 77.3 Å². The lowest BCUT2D eigenvalue weighted by Gasteiger charge is -2.10. The average molecular weight is 209 g/mol. The Morgan fingerprint density at radius 1 is 1.29 bits per heavy atom. The van der Waals surface area contributed by atoms with E-state index in [-0.39, 0.29) is 5.75 Å². The van der Waals surface area contributed by atoms with Crippen molar-refractivity contribution in [1.29, 1.82) is 0 Å². The van der Waals surface area contributed by atoms with Crippen LogP contribution in [0.2, 0.25) is 0 Å². The molecule has 0 saturated heterocycles. The minimum Gasteiger partial charge on any atom is -0.482 e. The summed E-state index contributed by atoms with van der Waals surface area (Å²) >= 11 is 0. The number of alkyl halides is 3. The maximum absolute atomic E-state index is 12.7. The van der Waals surface area contributed by atoms with Gasteiger partial charge in [0.15, 0.2) is 6.61 Å². The predicted molar refractivity (Wildman–Crippen MR) is 42.4 cm³/mol. The molecule has 0 fully saturated rings. The fourth-order valence-electron chi connectivity index (χ4n) is 0.803. The molecule has 0 atom stereocenters. The van der Waals surface area contributed by atoms with Crippen LogP contribution in [0.3, 0.4) is 0 Å². The summed E-state index contributed by atoms with van der Waals surface area (Å²) in [4.78, 5) is 0. The first-order valence-electron chi connectivity index (χ1n) is 3.63. The van der Waals surface area contributed by atoms with Crippen LogP contribution in [-0.2, 0) is 0 Å². The standard InChI is InChI=1S/C8H7F4NO/c9-5-2-1-3-6(7(5)13)14-4-8(10,11)12/h1-3H,4,13H2. The topological polar surface area (TPSA) is 35.2 Å². The quantitative estimate of drug-likeness (QED) is 0.599. The third-order valence-corrected chi connectivity index (χ3v) is 1.40. The maximum Gasteiger partial charge on any atom is 0.422 e. The molecule has 2 nitrogen and oxygen atoms in total. The highest BCUT2D eigenvalue weighted by atomic mass is 19.4. The van der Waals surface area contributed by atoms with Crippen molar-refractivity contribution in [2.24, 2.45) is 0 Å². The Hall–Kier alpha value is -1.46. The summed E-state index contributed by atoms with van der Waals surface area (Å²) < 4.78 is 52.1. The van der Waals surface area contributed by atoms with Gasteiger partial charge >= 0.3 is 6.18 Å². The smallest absolute Gasteiger partial charge is 0.422 e. The van der Waals surface area contributed by atoms with Gasteiger partial charge in [0.2, 0.25) is 0 Å². The third kappa shape index (κ3) is 2.79. The van der Waals surface area contributed by atoms with E-state index in [4.69, 9.17) is 5.73 Å². The maximum atomic E-state index is 12.7. The molecule has 0 saturated carbocycles. The number of nitrogen functional groups attached to an aromatic ring is 1. The van der Waals surface area contributed by atoms with Crippen molar-refractivity contribution >= 4 is 5.69 Å². The van der Waals surface area contributed by atoms with Crippen molar-refractivity contribution in [1.82, 2.24) is 0 Å². The number of rotatable bonds is 2. The van der Waals surface area contributed by atoms with Crippen LogP contribution in [0.1, 0.15) is 0 Å². The van der Waals surface area contributed by atoms with E-state index in [9.17, 15) is 17.6 Å². The molecule has 6 heteroatoms. The molecule has 1 aromatic rings. The van der Waals surface area contributed by atoms with E-state index >= 15 is 0 Å². The second-order valence-electron chi connectivity index (χ2n) is 2.56. The molecule has 0 aliphatic heterocycles. The van der Waals surface area contributed by atoms with Crippen LogP contribution in [0.5, 0.6) is 5.75 Å². The van der Waals surface area contributed by atoms with Gasteiger partial charge in [0, 0.05) is 0 Å². The molecular weight excluding hydrogens is 202 g/mol. The zero-order chi connectivity index (χ0) is 10.8. The number of halogens is 4. The van der Waals surface area contributed by atoms with Crippen LogP contribution >= 0.6 is 0 Å². The van der Waals surface area contributed by atoms with E-state index in [1.165, 1.54) is 12.1 Å². The fraction of sp³-hybridized carbons (Fsp3) is 0.250. The average Bonchev–Trinajstić information content (AvgIpc) is 2.06. The molecule has 0 aromatic heterocycles. The van der Waals surface area contributed by atoms with Crippen LogP contribution in [0, 0.1) is 5.82 Å². The van der Waals surface area contributed by atoms with Gasteiger partial charge in [0.1, 0.15) is 17.3 Å². The number of hydrogen-bond acceptors (Lipinski definition) is 2. The van der Waals surface area contributed by atoms with E-state index in [2.05, 4.69) is 4.74 Å². The van der Waals surface area contributed by atoms with Gasteiger partial charge in [-0.25, -0.2) is 4.39 Å². The second-order valence-corrected chi connectivity index (χ2v) is 2.56. The molecule has 1 aromatic carbocycles. The van der Waals surface area contributed by atoms with Crippen LogP contribution in [0.4, 0.5) is 23.2 Å². The monoisotopic (exact) mass is 209 g/mol. The second kappa shape index (κ2) is 3.73. The van der Waals surface area contributed by atoms with Gasteiger partial charge in [-0.2, -0.15) is 13.2 Å². The van der Waals surface area contributed by atoms with Crippen molar-refractivity contribution in [2.75, 3.05) is 12.3 Å². The van der Waals surface area contributed by atoms with Crippen molar-refractivity contribution in [3.63, 3.8) is 0 Å². The van der Waals surface area contributed by atoms with Gasteiger partial charge in [-0.05, 0) is 12.1 Å². The number of para-hydroxylation sites is 1. The van der Waals surface area contributed by atoms with E-state index in [0.717, 1.165) is 6.07 Å². The van der Waals surface area contributed by atoms with Crippen molar-refractivity contribution in [3.8, 4) is 5.75 Å². The summed E-state index contributed by atoms with van der Waals surface area (Å²) in [5.74, 6) is -1.10. The van der Waals surface area contributed by atoms with Gasteiger partial charge in [0.25, 0.3) is 0 Å². The zero-order valence-electron chi connectivity index (χ0n) is 6.94. The van der Waals surface area contributed by atoms with Gasteiger partial charge in [0.05, 0.1) is 0 Å². The third-order valence-electron chi connectivity index (χ3n) is 1.40. The molecule has 78 valence electrons. The van der Waals surface area contributed by atoms with Gasteiger partial charge in [-0.1, -0.05) is 6.07 Å². The molecule has 0 heterocycles. The summed E-state index contributed by atoms with van der Waals surface area (Å²) in [5.41, 5.74) is 4.72. The summed E-state index contributed by atoms with van der Waals surface area (Å²) in [6.07, 6.45) is -4.46. The Morgan fingerprint density at radius 2 is 1.93 bits per heavy atom. The zero-order valence-corrected chi connectivity index (χ0v) is 6.94. The lowest BCUT2D eigenvalue weighted by Crippen LogP contribution is -2.19. The molecular formula is C8H7F4NO. The number of hydrogen-bond donors (Lipinski definition) is 1. The van der Waals surface area contributed by atoms with Gasteiger partial charge in [-0.3, -0.25) is 0 Å². The van der Waals surface area contributed by atoms with Crippen LogP contribution in [0.25, 0.3) is 0 Å². The van der Waals surface area contributed by atoms with E-state index in [1.54, 1.807) is 0 Å². The van der Waals surface area contributed by atoms with E-state index in [0.29, 0.717) is 0 Å². The predicted octanol–water partition coefficient (Wildman–Crippen LogP) is 2.35. The number of anilines is 1. The Morgan fingerprint density at radius 3 is 2.50 bits per heavy atom. The molecule has 0 aliphatic rings. The first kappa shape index (κ1) is 10.6.